The molecule has 24 heavy (non-hydrogen) atoms. The average Bonchev–Trinajstić information content (AvgIpc) is 2.59. The number of anilines is 1. The topological polar surface area (TPSA) is 47.6 Å². The molecule has 0 saturated carbocycles. The van der Waals surface area contributed by atoms with Crippen molar-refractivity contribution in [3.05, 3.63) is 48.0 Å². The Morgan fingerprint density at radius 2 is 1.62 bits per heavy atom. The number of carbonyl (C=O) groups excluding carboxylic acids is 1. The Labute approximate surface area is 147 Å². The van der Waals surface area contributed by atoms with Crippen molar-refractivity contribution in [1.29, 1.82) is 0 Å². The van der Waals surface area contributed by atoms with Gasteiger partial charge in [-0.25, -0.2) is 0 Å². The molecule has 1 amide bonds. The van der Waals surface area contributed by atoms with Crippen LogP contribution in [0.25, 0.3) is 0 Å². The number of amides is 1. The van der Waals surface area contributed by atoms with Gasteiger partial charge in [-0.05, 0) is 23.6 Å². The molecule has 0 aliphatic carbocycles. The number of benzene rings is 2. The van der Waals surface area contributed by atoms with Crippen molar-refractivity contribution in [2.24, 2.45) is 0 Å². The monoisotopic (exact) mass is 345 g/mol. The number of hydrogen-bond donors (Lipinski definition) is 1. The normalized spacial score (nSPS) is 10.5. The molecule has 0 bridgehead atoms. The molecule has 0 unspecified atom stereocenters. The number of methoxy groups -OCH3 is 2. The van der Waals surface area contributed by atoms with E-state index < -0.39 is 0 Å². The Morgan fingerprint density at radius 1 is 1.04 bits per heavy atom. The smallest absolute Gasteiger partial charge is 0.234 e. The summed E-state index contributed by atoms with van der Waals surface area (Å²) in [6, 6.07) is 13.6. The number of rotatable bonds is 7. The molecule has 2 aromatic rings. The largest absolute Gasteiger partial charge is 0.497 e. The summed E-state index contributed by atoms with van der Waals surface area (Å²) in [5.74, 6) is 2.07. The van der Waals surface area contributed by atoms with E-state index in [1.165, 1.54) is 17.3 Å². The minimum Gasteiger partial charge on any atom is -0.497 e. The lowest BCUT2D eigenvalue weighted by Gasteiger charge is -2.10. The summed E-state index contributed by atoms with van der Waals surface area (Å²) < 4.78 is 10.4. The molecule has 128 valence electrons. The SMILES string of the molecule is COc1cc(NC(=O)CSc2ccc(C(C)C)cc2)cc(OC)c1. The molecule has 0 heterocycles. The molecule has 0 aliphatic rings. The van der Waals surface area contributed by atoms with Gasteiger partial charge in [0.25, 0.3) is 0 Å². The zero-order valence-electron chi connectivity index (χ0n) is 14.5. The predicted molar refractivity (Wildman–Crippen MR) is 99.4 cm³/mol. The van der Waals surface area contributed by atoms with Gasteiger partial charge in [0.2, 0.25) is 5.91 Å². The maximum Gasteiger partial charge on any atom is 0.234 e. The molecule has 4 nitrogen and oxygen atoms in total. The van der Waals surface area contributed by atoms with E-state index >= 15 is 0 Å². The highest BCUT2D eigenvalue weighted by Crippen LogP contribution is 2.26. The number of carbonyl (C=O) groups is 1. The highest BCUT2D eigenvalue weighted by molar-refractivity contribution is 8.00. The first-order chi connectivity index (χ1) is 11.5. The molecule has 0 fully saturated rings. The van der Waals surface area contributed by atoms with Crippen LogP contribution in [0.5, 0.6) is 11.5 Å². The van der Waals surface area contributed by atoms with Crippen LogP contribution in [0.3, 0.4) is 0 Å². The number of nitrogens with one attached hydrogen (secondary N) is 1. The Bertz CT molecular complexity index is 661. The summed E-state index contributed by atoms with van der Waals surface area (Å²) in [6.45, 7) is 4.33. The second-order valence-electron chi connectivity index (χ2n) is 5.66. The van der Waals surface area contributed by atoms with E-state index in [-0.39, 0.29) is 5.91 Å². The van der Waals surface area contributed by atoms with E-state index in [4.69, 9.17) is 9.47 Å². The zero-order chi connectivity index (χ0) is 17.5. The molecule has 2 rings (SSSR count). The highest BCUT2D eigenvalue weighted by Gasteiger charge is 2.07. The average molecular weight is 345 g/mol. The fourth-order valence-electron chi connectivity index (χ4n) is 2.17. The third-order valence-corrected chi connectivity index (χ3v) is 4.56. The standard InChI is InChI=1S/C19H23NO3S/c1-13(2)14-5-7-18(8-6-14)24-12-19(21)20-15-9-16(22-3)11-17(10-15)23-4/h5-11,13H,12H2,1-4H3,(H,20,21). The van der Waals surface area contributed by atoms with E-state index in [1.807, 2.05) is 0 Å². The maximum atomic E-state index is 12.1. The fraction of sp³-hybridized carbons (Fsp3) is 0.316. The van der Waals surface area contributed by atoms with Crippen LogP contribution in [0.4, 0.5) is 5.69 Å². The first-order valence-corrected chi connectivity index (χ1v) is 8.76. The molecular formula is C19H23NO3S. The fourth-order valence-corrected chi connectivity index (χ4v) is 2.87. The van der Waals surface area contributed by atoms with Crippen molar-refractivity contribution in [3.8, 4) is 11.5 Å². The molecule has 0 saturated heterocycles. The minimum absolute atomic E-state index is 0.0664. The van der Waals surface area contributed by atoms with Gasteiger partial charge in [0.05, 0.1) is 20.0 Å². The van der Waals surface area contributed by atoms with Crippen LogP contribution in [0, 0.1) is 0 Å². The second kappa shape index (κ2) is 8.64. The Morgan fingerprint density at radius 3 is 2.12 bits per heavy atom. The van der Waals surface area contributed by atoms with Crippen LogP contribution in [0.15, 0.2) is 47.4 Å². The summed E-state index contributed by atoms with van der Waals surface area (Å²) in [5, 5.41) is 2.87. The summed E-state index contributed by atoms with van der Waals surface area (Å²) in [5.41, 5.74) is 1.96. The van der Waals surface area contributed by atoms with Crippen molar-refractivity contribution < 1.29 is 14.3 Å². The number of hydrogen-bond acceptors (Lipinski definition) is 4. The minimum atomic E-state index is -0.0664. The maximum absolute atomic E-state index is 12.1. The van der Waals surface area contributed by atoms with E-state index in [2.05, 4.69) is 43.4 Å². The van der Waals surface area contributed by atoms with Crippen LogP contribution in [-0.4, -0.2) is 25.9 Å². The summed E-state index contributed by atoms with van der Waals surface area (Å²) in [6.07, 6.45) is 0. The molecular weight excluding hydrogens is 322 g/mol. The molecule has 0 radical (unpaired) electrons. The number of ether oxygens (including phenoxy) is 2. The summed E-state index contributed by atoms with van der Waals surface area (Å²) >= 11 is 1.51. The lowest BCUT2D eigenvalue weighted by Crippen LogP contribution is -2.14. The van der Waals surface area contributed by atoms with Crippen LogP contribution >= 0.6 is 11.8 Å². The van der Waals surface area contributed by atoms with Crippen LogP contribution in [0.1, 0.15) is 25.3 Å². The lowest BCUT2D eigenvalue weighted by atomic mass is 10.0. The summed E-state index contributed by atoms with van der Waals surface area (Å²) in [4.78, 5) is 13.2. The van der Waals surface area contributed by atoms with Crippen molar-refractivity contribution in [3.63, 3.8) is 0 Å². The molecule has 0 aliphatic heterocycles. The van der Waals surface area contributed by atoms with Gasteiger partial charge < -0.3 is 14.8 Å². The quantitative estimate of drug-likeness (QED) is 0.748. The first-order valence-electron chi connectivity index (χ1n) is 7.77. The van der Waals surface area contributed by atoms with E-state index in [0.717, 1.165) is 4.90 Å². The van der Waals surface area contributed by atoms with Crippen molar-refractivity contribution in [2.45, 2.75) is 24.7 Å². The van der Waals surface area contributed by atoms with E-state index in [9.17, 15) is 4.79 Å². The first kappa shape index (κ1) is 18.2. The van der Waals surface area contributed by atoms with Gasteiger partial charge in [-0.2, -0.15) is 0 Å². The summed E-state index contributed by atoms with van der Waals surface area (Å²) in [7, 11) is 3.16. The zero-order valence-corrected chi connectivity index (χ0v) is 15.3. The van der Waals surface area contributed by atoms with Crippen LogP contribution in [0.2, 0.25) is 0 Å². The van der Waals surface area contributed by atoms with Gasteiger partial charge >= 0.3 is 0 Å². The molecule has 0 atom stereocenters. The third-order valence-electron chi connectivity index (χ3n) is 3.55. The van der Waals surface area contributed by atoms with Gasteiger partial charge in [-0.3, -0.25) is 4.79 Å². The number of thioether (sulfide) groups is 1. The molecule has 0 aromatic heterocycles. The molecule has 1 N–H and O–H groups in total. The second-order valence-corrected chi connectivity index (χ2v) is 6.71. The van der Waals surface area contributed by atoms with Gasteiger partial charge in [-0.1, -0.05) is 26.0 Å². The lowest BCUT2D eigenvalue weighted by molar-refractivity contribution is -0.113. The van der Waals surface area contributed by atoms with Crippen LogP contribution < -0.4 is 14.8 Å². The Balaban J connectivity index is 1.93. The van der Waals surface area contributed by atoms with Gasteiger partial charge in [0, 0.05) is 28.8 Å². The van der Waals surface area contributed by atoms with Crippen LogP contribution in [-0.2, 0) is 4.79 Å². The van der Waals surface area contributed by atoms with Crippen molar-refractivity contribution >= 4 is 23.4 Å². The molecule has 0 spiro atoms. The molecule has 5 heteroatoms. The van der Waals surface area contributed by atoms with Gasteiger partial charge in [0.1, 0.15) is 11.5 Å². The Kier molecular flexibility index (Phi) is 6.55. The van der Waals surface area contributed by atoms with E-state index in [0.29, 0.717) is 28.9 Å². The van der Waals surface area contributed by atoms with Crippen molar-refractivity contribution in [2.75, 3.05) is 25.3 Å². The predicted octanol–water partition coefficient (Wildman–Crippen LogP) is 4.56. The van der Waals surface area contributed by atoms with Gasteiger partial charge in [-0.15, -0.1) is 11.8 Å². The van der Waals surface area contributed by atoms with Crippen molar-refractivity contribution in [1.82, 2.24) is 0 Å². The Hall–Kier alpha value is -2.14. The molecule has 2 aromatic carbocycles. The van der Waals surface area contributed by atoms with Gasteiger partial charge in [0.15, 0.2) is 0 Å². The highest BCUT2D eigenvalue weighted by atomic mass is 32.2. The third kappa shape index (κ3) is 5.20. The van der Waals surface area contributed by atoms with E-state index in [1.54, 1.807) is 32.4 Å².